The number of fused-ring (bicyclic) bond motifs is 3. The Bertz CT molecular complexity index is 784. The highest BCUT2D eigenvalue weighted by Gasteiger charge is 2.41. The maximum Gasteiger partial charge on any atom is 0.303 e. The zero-order valence-electron chi connectivity index (χ0n) is 16.9. The molecule has 0 fully saturated rings. The van der Waals surface area contributed by atoms with Gasteiger partial charge in [0.1, 0.15) is 0 Å². The van der Waals surface area contributed by atoms with E-state index in [1.807, 2.05) is 0 Å². The smallest absolute Gasteiger partial charge is 0.303 e. The Hall–Kier alpha value is -2.62. The van der Waals surface area contributed by atoms with E-state index >= 15 is 0 Å². The summed E-state index contributed by atoms with van der Waals surface area (Å²) in [7, 11) is 0. The van der Waals surface area contributed by atoms with Crippen LogP contribution in [-0.2, 0) is 15.0 Å². The fourth-order valence-electron chi connectivity index (χ4n) is 4.84. The van der Waals surface area contributed by atoms with Gasteiger partial charge in [0.25, 0.3) is 0 Å². The van der Waals surface area contributed by atoms with Crippen LogP contribution in [0.1, 0.15) is 75.3 Å². The third-order valence-electron chi connectivity index (χ3n) is 6.16. The van der Waals surface area contributed by atoms with Crippen molar-refractivity contribution in [2.75, 3.05) is 0 Å². The molecule has 0 unspecified atom stereocenters. The van der Waals surface area contributed by atoms with Crippen LogP contribution < -0.4 is 0 Å². The topological polar surface area (TPSA) is 74.6 Å². The van der Waals surface area contributed by atoms with Gasteiger partial charge >= 0.3 is 11.9 Å². The van der Waals surface area contributed by atoms with E-state index in [1.165, 1.54) is 22.3 Å². The maximum absolute atomic E-state index is 10.8. The van der Waals surface area contributed by atoms with Crippen LogP contribution in [0, 0.1) is 0 Å². The Labute approximate surface area is 172 Å². The molecule has 2 aromatic rings. The van der Waals surface area contributed by atoms with E-state index in [2.05, 4.69) is 48.5 Å². The summed E-state index contributed by atoms with van der Waals surface area (Å²) in [6.45, 7) is 0. The van der Waals surface area contributed by atoms with Gasteiger partial charge in [-0.25, -0.2) is 0 Å². The van der Waals surface area contributed by atoms with Gasteiger partial charge in [0.15, 0.2) is 0 Å². The summed E-state index contributed by atoms with van der Waals surface area (Å²) >= 11 is 0. The molecule has 0 radical (unpaired) electrons. The summed E-state index contributed by atoms with van der Waals surface area (Å²) in [4.78, 5) is 21.6. The molecule has 3 rings (SSSR count). The monoisotopic (exact) mass is 394 g/mol. The number of aliphatic carboxylic acids is 2. The van der Waals surface area contributed by atoms with Crippen molar-refractivity contribution in [3.8, 4) is 11.1 Å². The molecule has 0 aliphatic heterocycles. The molecule has 0 heterocycles. The second kappa shape index (κ2) is 9.73. The number of unbranched alkanes of at least 4 members (excludes halogenated alkanes) is 4. The van der Waals surface area contributed by atoms with Crippen LogP contribution in [0.15, 0.2) is 48.5 Å². The van der Waals surface area contributed by atoms with E-state index in [-0.39, 0.29) is 18.3 Å². The first kappa shape index (κ1) is 21.1. The fraction of sp³-hybridized carbons (Fsp3) is 0.440. The number of benzene rings is 2. The number of hydrogen-bond donors (Lipinski definition) is 2. The van der Waals surface area contributed by atoms with E-state index < -0.39 is 11.9 Å². The van der Waals surface area contributed by atoms with Crippen molar-refractivity contribution in [1.29, 1.82) is 0 Å². The molecule has 1 aliphatic rings. The van der Waals surface area contributed by atoms with Crippen molar-refractivity contribution >= 4 is 11.9 Å². The zero-order chi connectivity index (χ0) is 20.7. The number of rotatable bonds is 12. The summed E-state index contributed by atoms with van der Waals surface area (Å²) in [5.74, 6) is -1.45. The molecule has 4 heteroatoms. The predicted octanol–water partition coefficient (Wildman–Crippen LogP) is 6.02. The molecule has 0 bridgehead atoms. The van der Waals surface area contributed by atoms with Crippen LogP contribution in [0.4, 0.5) is 0 Å². The Morgan fingerprint density at radius 3 is 1.45 bits per heavy atom. The molecule has 4 nitrogen and oxygen atoms in total. The van der Waals surface area contributed by atoms with Crippen LogP contribution in [0.5, 0.6) is 0 Å². The first-order valence-corrected chi connectivity index (χ1v) is 10.7. The minimum absolute atomic E-state index is 0.0559. The van der Waals surface area contributed by atoms with Gasteiger partial charge in [0.2, 0.25) is 0 Å². The Morgan fingerprint density at radius 1 is 0.621 bits per heavy atom. The average Bonchev–Trinajstić information content (AvgIpc) is 2.98. The summed E-state index contributed by atoms with van der Waals surface area (Å²) in [6, 6.07) is 17.3. The summed E-state index contributed by atoms with van der Waals surface area (Å²) < 4.78 is 0. The Morgan fingerprint density at radius 2 is 1.03 bits per heavy atom. The third-order valence-corrected chi connectivity index (χ3v) is 6.16. The molecule has 2 aromatic carbocycles. The third kappa shape index (κ3) is 4.87. The van der Waals surface area contributed by atoms with Gasteiger partial charge in [-0.15, -0.1) is 0 Å². The van der Waals surface area contributed by atoms with Crippen LogP contribution in [0.3, 0.4) is 0 Å². The van der Waals surface area contributed by atoms with Crippen molar-refractivity contribution in [3.05, 3.63) is 59.7 Å². The maximum atomic E-state index is 10.8. The number of carboxylic acid groups (broad SMARTS) is 2. The van der Waals surface area contributed by atoms with Gasteiger partial charge in [-0.3, -0.25) is 9.59 Å². The van der Waals surface area contributed by atoms with Crippen molar-refractivity contribution in [2.45, 2.75) is 69.6 Å². The standard InChI is InChI=1S/C25H30O4/c26-23(27)15-3-1-9-17-25(18-10-2-4-16-24(28)29)21-13-7-5-11-19(21)20-12-6-8-14-22(20)25/h5-8,11-14H,1-4,9-10,15-18H2,(H,26,27)(H,28,29). The van der Waals surface area contributed by atoms with E-state index in [1.54, 1.807) is 0 Å². The molecule has 0 saturated heterocycles. The lowest BCUT2D eigenvalue weighted by molar-refractivity contribution is -0.138. The van der Waals surface area contributed by atoms with Crippen LogP contribution in [0.2, 0.25) is 0 Å². The number of hydrogen-bond acceptors (Lipinski definition) is 2. The molecule has 0 aromatic heterocycles. The van der Waals surface area contributed by atoms with Crippen molar-refractivity contribution in [3.63, 3.8) is 0 Å². The lowest BCUT2D eigenvalue weighted by Crippen LogP contribution is -2.25. The largest absolute Gasteiger partial charge is 0.481 e. The molecular formula is C25H30O4. The van der Waals surface area contributed by atoms with Crippen LogP contribution in [0.25, 0.3) is 11.1 Å². The molecule has 0 atom stereocenters. The lowest BCUT2D eigenvalue weighted by Gasteiger charge is -2.33. The molecule has 1 aliphatic carbocycles. The van der Waals surface area contributed by atoms with Gasteiger partial charge in [-0.1, -0.05) is 74.2 Å². The minimum Gasteiger partial charge on any atom is -0.481 e. The molecule has 0 amide bonds. The van der Waals surface area contributed by atoms with Crippen molar-refractivity contribution < 1.29 is 19.8 Å². The van der Waals surface area contributed by atoms with Gasteiger partial charge in [-0.2, -0.15) is 0 Å². The highest BCUT2D eigenvalue weighted by atomic mass is 16.4. The summed E-state index contributed by atoms with van der Waals surface area (Å²) in [5.41, 5.74) is 5.30. The van der Waals surface area contributed by atoms with E-state index in [0.717, 1.165) is 38.5 Å². The van der Waals surface area contributed by atoms with E-state index in [4.69, 9.17) is 10.2 Å². The second-order valence-electron chi connectivity index (χ2n) is 8.08. The minimum atomic E-state index is -0.727. The molecule has 0 saturated carbocycles. The molecular weight excluding hydrogens is 364 g/mol. The fourth-order valence-corrected chi connectivity index (χ4v) is 4.84. The zero-order valence-corrected chi connectivity index (χ0v) is 16.9. The van der Waals surface area contributed by atoms with Gasteiger partial charge in [0.05, 0.1) is 0 Å². The average molecular weight is 395 g/mol. The van der Waals surface area contributed by atoms with E-state index in [0.29, 0.717) is 12.8 Å². The lowest BCUT2D eigenvalue weighted by atomic mass is 9.70. The molecule has 29 heavy (non-hydrogen) atoms. The molecule has 0 spiro atoms. The quantitative estimate of drug-likeness (QED) is 0.431. The predicted molar refractivity (Wildman–Crippen MR) is 114 cm³/mol. The second-order valence-corrected chi connectivity index (χ2v) is 8.08. The van der Waals surface area contributed by atoms with Crippen LogP contribution in [-0.4, -0.2) is 22.2 Å². The van der Waals surface area contributed by atoms with E-state index in [9.17, 15) is 9.59 Å². The Balaban J connectivity index is 1.80. The van der Waals surface area contributed by atoms with Crippen LogP contribution >= 0.6 is 0 Å². The number of carbonyl (C=O) groups is 2. The normalized spacial score (nSPS) is 13.7. The summed E-state index contributed by atoms with van der Waals surface area (Å²) in [6.07, 6.45) is 7.70. The highest BCUT2D eigenvalue weighted by Crippen LogP contribution is 2.53. The van der Waals surface area contributed by atoms with Crippen molar-refractivity contribution in [2.24, 2.45) is 0 Å². The molecule has 2 N–H and O–H groups in total. The first-order valence-electron chi connectivity index (χ1n) is 10.7. The Kier molecular flexibility index (Phi) is 7.08. The van der Waals surface area contributed by atoms with Crippen molar-refractivity contribution in [1.82, 2.24) is 0 Å². The SMILES string of the molecule is O=C(O)CCCCCC1(CCCCCC(=O)O)c2ccccc2-c2ccccc21. The number of carboxylic acids is 2. The highest BCUT2D eigenvalue weighted by molar-refractivity contribution is 5.81. The van der Waals surface area contributed by atoms with Gasteiger partial charge in [-0.05, 0) is 47.9 Å². The van der Waals surface area contributed by atoms with Gasteiger partial charge < -0.3 is 10.2 Å². The van der Waals surface area contributed by atoms with Gasteiger partial charge in [0, 0.05) is 18.3 Å². The molecule has 154 valence electrons. The first-order chi connectivity index (χ1) is 14.0. The summed E-state index contributed by atoms with van der Waals surface area (Å²) in [5, 5.41) is 17.8.